The highest BCUT2D eigenvalue weighted by atomic mass is 127. The number of benzene rings is 1. The zero-order chi connectivity index (χ0) is 22.2. The highest BCUT2D eigenvalue weighted by Gasteiger charge is 2.31. The highest BCUT2D eigenvalue weighted by Crippen LogP contribution is 2.28. The second kappa shape index (κ2) is 13.2. The summed E-state index contributed by atoms with van der Waals surface area (Å²) in [6.45, 7) is 12.3. The lowest BCUT2D eigenvalue weighted by Gasteiger charge is -2.38. The Balaban J connectivity index is 0.00000363. The first-order valence-electron chi connectivity index (χ1n) is 11.7. The third kappa shape index (κ3) is 7.23. The Hall–Kier alpha value is -1.55. The Morgan fingerprint density at radius 3 is 2.56 bits per heavy atom. The standard InChI is InChI=1S/C24H39N5O2.HI/c1-5-25-24(27-19(3)21-17-18(2)9-10-22(21)31-4)26-11-12-28-13-15-29(16-14-28)23(30)20-7-6-8-20;/h9-10,17,19-20H,5-8,11-16H2,1-4H3,(H2,25,26,27);1H. The Morgan fingerprint density at radius 2 is 1.97 bits per heavy atom. The summed E-state index contributed by atoms with van der Waals surface area (Å²) in [7, 11) is 1.71. The van der Waals surface area contributed by atoms with Crippen molar-refractivity contribution in [2.45, 2.75) is 46.1 Å². The quantitative estimate of drug-likeness (QED) is 0.292. The Bertz CT molecular complexity index is 761. The van der Waals surface area contributed by atoms with Crippen molar-refractivity contribution in [1.82, 2.24) is 20.4 Å². The molecule has 0 aromatic heterocycles. The molecule has 1 saturated carbocycles. The molecule has 3 rings (SSSR count). The van der Waals surface area contributed by atoms with Crippen molar-refractivity contribution >= 4 is 35.8 Å². The molecule has 1 atom stereocenters. The summed E-state index contributed by atoms with van der Waals surface area (Å²) < 4.78 is 5.54. The summed E-state index contributed by atoms with van der Waals surface area (Å²) in [6, 6.07) is 6.31. The van der Waals surface area contributed by atoms with E-state index in [1.54, 1.807) is 7.11 Å². The lowest BCUT2D eigenvalue weighted by atomic mass is 9.84. The van der Waals surface area contributed by atoms with Crippen LogP contribution in [0.4, 0.5) is 0 Å². The van der Waals surface area contributed by atoms with Gasteiger partial charge < -0.3 is 20.3 Å². The summed E-state index contributed by atoms with van der Waals surface area (Å²) in [5, 5.41) is 6.86. The van der Waals surface area contributed by atoms with Crippen molar-refractivity contribution in [2.75, 3.05) is 52.9 Å². The van der Waals surface area contributed by atoms with Crippen LogP contribution in [0.1, 0.15) is 50.3 Å². The number of aryl methyl sites for hydroxylation is 1. The molecule has 0 spiro atoms. The first kappa shape index (κ1) is 26.7. The smallest absolute Gasteiger partial charge is 0.225 e. The van der Waals surface area contributed by atoms with Crippen LogP contribution in [-0.4, -0.2) is 74.6 Å². The zero-order valence-corrected chi connectivity index (χ0v) is 22.4. The van der Waals surface area contributed by atoms with E-state index in [1.165, 1.54) is 12.0 Å². The molecule has 2 aliphatic rings. The van der Waals surface area contributed by atoms with Crippen LogP contribution < -0.4 is 15.4 Å². The lowest BCUT2D eigenvalue weighted by Crippen LogP contribution is -2.51. The van der Waals surface area contributed by atoms with E-state index < -0.39 is 0 Å². The van der Waals surface area contributed by atoms with E-state index in [4.69, 9.17) is 9.73 Å². The van der Waals surface area contributed by atoms with Gasteiger partial charge in [-0.2, -0.15) is 0 Å². The van der Waals surface area contributed by atoms with Gasteiger partial charge in [0.25, 0.3) is 0 Å². The molecule has 0 bridgehead atoms. The van der Waals surface area contributed by atoms with Gasteiger partial charge in [-0.1, -0.05) is 24.1 Å². The van der Waals surface area contributed by atoms with Crippen molar-refractivity contribution < 1.29 is 9.53 Å². The van der Waals surface area contributed by atoms with Crippen molar-refractivity contribution in [3.8, 4) is 5.75 Å². The molecule has 1 aliphatic heterocycles. The molecule has 2 N–H and O–H groups in total. The molecular weight excluding hydrogens is 517 g/mol. The normalized spacial score (nSPS) is 18.4. The number of halogens is 1. The number of carbonyl (C=O) groups is 1. The number of methoxy groups -OCH3 is 1. The summed E-state index contributed by atoms with van der Waals surface area (Å²) in [6.07, 6.45) is 3.38. The van der Waals surface area contributed by atoms with Crippen LogP contribution in [-0.2, 0) is 4.79 Å². The number of hydrogen-bond acceptors (Lipinski definition) is 4. The van der Waals surface area contributed by atoms with Gasteiger partial charge in [0.2, 0.25) is 5.91 Å². The second-order valence-corrected chi connectivity index (χ2v) is 8.67. The minimum absolute atomic E-state index is 0. The zero-order valence-electron chi connectivity index (χ0n) is 20.0. The third-order valence-electron chi connectivity index (χ3n) is 6.37. The van der Waals surface area contributed by atoms with Crippen LogP contribution in [0.15, 0.2) is 23.2 Å². The number of ether oxygens (including phenoxy) is 1. The van der Waals surface area contributed by atoms with Gasteiger partial charge in [-0.15, -0.1) is 24.0 Å². The average molecular weight is 558 g/mol. The Kier molecular flexibility index (Phi) is 11.0. The number of piperazine rings is 1. The predicted octanol–water partition coefficient (Wildman–Crippen LogP) is 3.18. The fourth-order valence-electron chi connectivity index (χ4n) is 4.20. The van der Waals surface area contributed by atoms with Crippen molar-refractivity contribution in [2.24, 2.45) is 10.9 Å². The lowest BCUT2D eigenvalue weighted by molar-refractivity contribution is -0.139. The molecule has 1 aromatic carbocycles. The number of amides is 1. The van der Waals surface area contributed by atoms with Gasteiger partial charge in [-0.25, -0.2) is 0 Å². The molecule has 1 amide bonds. The molecule has 7 nitrogen and oxygen atoms in total. The fourth-order valence-corrected chi connectivity index (χ4v) is 4.20. The van der Waals surface area contributed by atoms with Gasteiger partial charge in [0.05, 0.1) is 19.7 Å². The molecule has 32 heavy (non-hydrogen) atoms. The summed E-state index contributed by atoms with van der Waals surface area (Å²) in [4.78, 5) is 21.7. The first-order chi connectivity index (χ1) is 15.0. The molecule has 0 radical (unpaired) electrons. The number of hydrogen-bond donors (Lipinski definition) is 2. The van der Waals surface area contributed by atoms with E-state index in [1.807, 2.05) is 6.07 Å². The molecule has 1 aromatic rings. The third-order valence-corrected chi connectivity index (χ3v) is 6.37. The van der Waals surface area contributed by atoms with Crippen molar-refractivity contribution in [3.63, 3.8) is 0 Å². The minimum atomic E-state index is 0. The molecule has 1 unspecified atom stereocenters. The van der Waals surface area contributed by atoms with Gasteiger partial charge in [0, 0.05) is 50.7 Å². The average Bonchev–Trinajstić information content (AvgIpc) is 2.73. The molecule has 8 heteroatoms. The van der Waals surface area contributed by atoms with E-state index >= 15 is 0 Å². The second-order valence-electron chi connectivity index (χ2n) is 8.67. The van der Waals surface area contributed by atoms with Gasteiger partial charge in [0.1, 0.15) is 5.75 Å². The SMILES string of the molecule is CCNC(=NCCN1CCN(C(=O)C2CCC2)CC1)NC(C)c1cc(C)ccc1OC.I. The van der Waals surface area contributed by atoms with Crippen LogP contribution in [0.25, 0.3) is 0 Å². The van der Waals surface area contributed by atoms with Crippen molar-refractivity contribution in [1.29, 1.82) is 0 Å². The molecule has 180 valence electrons. The Morgan fingerprint density at radius 1 is 1.25 bits per heavy atom. The molecule has 1 heterocycles. The minimum Gasteiger partial charge on any atom is -0.496 e. The molecular formula is C24H40IN5O2. The monoisotopic (exact) mass is 557 g/mol. The van der Waals surface area contributed by atoms with Gasteiger partial charge in [0.15, 0.2) is 5.96 Å². The maximum Gasteiger partial charge on any atom is 0.225 e. The number of aliphatic imine (C=N–C) groups is 1. The van der Waals surface area contributed by atoms with Gasteiger partial charge in [-0.05, 0) is 39.7 Å². The van der Waals surface area contributed by atoms with Crippen LogP contribution in [0.2, 0.25) is 0 Å². The Labute approximate surface area is 210 Å². The largest absolute Gasteiger partial charge is 0.496 e. The number of guanidine groups is 1. The van der Waals surface area contributed by atoms with Crippen LogP contribution in [0.3, 0.4) is 0 Å². The summed E-state index contributed by atoms with van der Waals surface area (Å²) in [5.41, 5.74) is 2.33. The van der Waals surface area contributed by atoms with Crippen LogP contribution in [0.5, 0.6) is 5.75 Å². The molecule has 1 saturated heterocycles. The van der Waals surface area contributed by atoms with E-state index in [9.17, 15) is 4.79 Å². The summed E-state index contributed by atoms with van der Waals surface area (Å²) in [5.74, 6) is 2.38. The predicted molar refractivity (Wildman–Crippen MR) is 141 cm³/mol. The van der Waals surface area contributed by atoms with E-state index in [-0.39, 0.29) is 30.0 Å². The maximum absolute atomic E-state index is 12.4. The summed E-state index contributed by atoms with van der Waals surface area (Å²) >= 11 is 0. The molecule has 2 fully saturated rings. The number of carbonyl (C=O) groups excluding carboxylic acids is 1. The topological polar surface area (TPSA) is 69.2 Å². The number of rotatable bonds is 8. The van der Waals surface area contributed by atoms with E-state index in [2.05, 4.69) is 53.3 Å². The fraction of sp³-hybridized carbons (Fsp3) is 0.667. The van der Waals surface area contributed by atoms with Gasteiger partial charge >= 0.3 is 0 Å². The number of nitrogens with one attached hydrogen (secondary N) is 2. The van der Waals surface area contributed by atoms with E-state index in [0.717, 1.165) is 75.9 Å². The number of nitrogens with zero attached hydrogens (tertiary/aromatic N) is 3. The molecule has 1 aliphatic carbocycles. The van der Waals surface area contributed by atoms with Gasteiger partial charge in [-0.3, -0.25) is 14.7 Å². The first-order valence-corrected chi connectivity index (χ1v) is 11.7. The van der Waals surface area contributed by atoms with Crippen LogP contribution >= 0.6 is 24.0 Å². The highest BCUT2D eigenvalue weighted by molar-refractivity contribution is 14.0. The van der Waals surface area contributed by atoms with Crippen LogP contribution in [0, 0.1) is 12.8 Å². The van der Waals surface area contributed by atoms with Crippen molar-refractivity contribution in [3.05, 3.63) is 29.3 Å². The van der Waals surface area contributed by atoms with E-state index in [0.29, 0.717) is 11.8 Å². The maximum atomic E-state index is 12.4.